The fourth-order valence-electron chi connectivity index (χ4n) is 2.50. The molecule has 0 amide bonds. The van der Waals surface area contributed by atoms with E-state index in [0.717, 1.165) is 12.0 Å². The molecule has 0 heterocycles. The summed E-state index contributed by atoms with van der Waals surface area (Å²) < 4.78 is 0. The highest BCUT2D eigenvalue weighted by atomic mass is 14.9. The van der Waals surface area contributed by atoms with Crippen molar-refractivity contribution >= 4 is 0 Å². The molecule has 72 valence electrons. The highest BCUT2D eigenvalue weighted by Crippen LogP contribution is 2.40. The zero-order chi connectivity index (χ0) is 9.19. The second-order valence-corrected chi connectivity index (χ2v) is 5.11. The molecule has 2 atom stereocenters. The normalized spacial score (nSPS) is 34.0. The molecule has 1 nitrogen and oxygen atoms in total. The van der Waals surface area contributed by atoms with Crippen LogP contribution < -0.4 is 5.32 Å². The average Bonchev–Trinajstić information content (AvgIpc) is 2.20. The lowest BCUT2D eigenvalue weighted by Crippen LogP contribution is -2.32. The van der Waals surface area contributed by atoms with Crippen LogP contribution in [0.25, 0.3) is 0 Å². The summed E-state index contributed by atoms with van der Waals surface area (Å²) in [7, 11) is 0. The van der Waals surface area contributed by atoms with Crippen molar-refractivity contribution in [1.29, 1.82) is 0 Å². The Morgan fingerprint density at radius 2 is 2.00 bits per heavy atom. The molecule has 0 aromatic rings. The van der Waals surface area contributed by atoms with E-state index in [1.54, 1.807) is 0 Å². The molecule has 1 rings (SSSR count). The Balaban J connectivity index is 2.36. The van der Waals surface area contributed by atoms with Crippen molar-refractivity contribution in [2.75, 3.05) is 6.54 Å². The standard InChI is InChI=1S/C11H23N/c1-5-6-12-10-8-11(3,4)7-9(10)2/h9-10,12H,5-8H2,1-4H3. The molecule has 2 unspecified atom stereocenters. The number of rotatable bonds is 3. The van der Waals surface area contributed by atoms with Gasteiger partial charge in [0.1, 0.15) is 0 Å². The van der Waals surface area contributed by atoms with Crippen LogP contribution in [0.1, 0.15) is 47.0 Å². The maximum Gasteiger partial charge on any atom is 0.00979 e. The van der Waals surface area contributed by atoms with Gasteiger partial charge < -0.3 is 5.32 Å². The summed E-state index contributed by atoms with van der Waals surface area (Å²) in [6, 6.07) is 0.778. The van der Waals surface area contributed by atoms with Crippen LogP contribution in [-0.2, 0) is 0 Å². The van der Waals surface area contributed by atoms with Crippen LogP contribution in [0.5, 0.6) is 0 Å². The molecule has 1 aliphatic carbocycles. The van der Waals surface area contributed by atoms with E-state index in [4.69, 9.17) is 0 Å². The van der Waals surface area contributed by atoms with E-state index in [1.165, 1.54) is 25.8 Å². The van der Waals surface area contributed by atoms with Crippen molar-refractivity contribution in [1.82, 2.24) is 5.32 Å². The topological polar surface area (TPSA) is 12.0 Å². The van der Waals surface area contributed by atoms with E-state index in [2.05, 4.69) is 33.0 Å². The molecule has 12 heavy (non-hydrogen) atoms. The third kappa shape index (κ3) is 2.48. The van der Waals surface area contributed by atoms with Crippen molar-refractivity contribution in [2.24, 2.45) is 11.3 Å². The van der Waals surface area contributed by atoms with E-state index < -0.39 is 0 Å². The number of hydrogen-bond acceptors (Lipinski definition) is 1. The SMILES string of the molecule is CCCNC1CC(C)(C)CC1C. The van der Waals surface area contributed by atoms with Gasteiger partial charge in [0, 0.05) is 6.04 Å². The molecule has 0 aliphatic heterocycles. The highest BCUT2D eigenvalue weighted by molar-refractivity contribution is 4.90. The van der Waals surface area contributed by atoms with Gasteiger partial charge in [-0.15, -0.1) is 0 Å². The van der Waals surface area contributed by atoms with Gasteiger partial charge in [0.25, 0.3) is 0 Å². The summed E-state index contributed by atoms with van der Waals surface area (Å²) in [6.45, 7) is 10.6. The van der Waals surface area contributed by atoms with Crippen LogP contribution >= 0.6 is 0 Å². The molecule has 1 fully saturated rings. The first-order valence-electron chi connectivity index (χ1n) is 5.28. The predicted molar refractivity (Wildman–Crippen MR) is 54.3 cm³/mol. The lowest BCUT2D eigenvalue weighted by atomic mass is 9.91. The van der Waals surface area contributed by atoms with Crippen LogP contribution in [0.15, 0.2) is 0 Å². The van der Waals surface area contributed by atoms with Crippen LogP contribution in [0.4, 0.5) is 0 Å². The number of hydrogen-bond donors (Lipinski definition) is 1. The molecule has 0 bridgehead atoms. The Hall–Kier alpha value is -0.0400. The Morgan fingerprint density at radius 1 is 1.33 bits per heavy atom. The lowest BCUT2D eigenvalue weighted by molar-refractivity contribution is 0.362. The van der Waals surface area contributed by atoms with Crippen LogP contribution in [-0.4, -0.2) is 12.6 Å². The van der Waals surface area contributed by atoms with Crippen molar-refractivity contribution in [3.8, 4) is 0 Å². The van der Waals surface area contributed by atoms with Gasteiger partial charge in [-0.25, -0.2) is 0 Å². The molecule has 0 aromatic heterocycles. The molecule has 1 N–H and O–H groups in total. The van der Waals surface area contributed by atoms with Crippen LogP contribution in [0, 0.1) is 11.3 Å². The smallest absolute Gasteiger partial charge is 0.00979 e. The van der Waals surface area contributed by atoms with Crippen molar-refractivity contribution in [3.05, 3.63) is 0 Å². The first kappa shape index (κ1) is 10.0. The molecule has 0 aromatic carbocycles. The molecular formula is C11H23N. The minimum Gasteiger partial charge on any atom is -0.314 e. The van der Waals surface area contributed by atoms with E-state index in [-0.39, 0.29) is 0 Å². The number of nitrogens with one attached hydrogen (secondary N) is 1. The first-order chi connectivity index (χ1) is 5.55. The van der Waals surface area contributed by atoms with Gasteiger partial charge in [-0.05, 0) is 37.1 Å². The maximum absolute atomic E-state index is 3.64. The zero-order valence-electron chi connectivity index (χ0n) is 8.98. The van der Waals surface area contributed by atoms with Gasteiger partial charge in [0.2, 0.25) is 0 Å². The molecular weight excluding hydrogens is 146 g/mol. The van der Waals surface area contributed by atoms with E-state index in [0.29, 0.717) is 5.41 Å². The van der Waals surface area contributed by atoms with Gasteiger partial charge in [0.15, 0.2) is 0 Å². The zero-order valence-corrected chi connectivity index (χ0v) is 8.98. The summed E-state index contributed by atoms with van der Waals surface area (Å²) in [6.07, 6.45) is 3.99. The molecule has 1 saturated carbocycles. The van der Waals surface area contributed by atoms with Gasteiger partial charge in [-0.2, -0.15) is 0 Å². The highest BCUT2D eigenvalue weighted by Gasteiger charge is 2.35. The minimum absolute atomic E-state index is 0.574. The fourth-order valence-corrected chi connectivity index (χ4v) is 2.50. The summed E-state index contributed by atoms with van der Waals surface area (Å²) >= 11 is 0. The van der Waals surface area contributed by atoms with Crippen LogP contribution in [0.3, 0.4) is 0 Å². The van der Waals surface area contributed by atoms with Gasteiger partial charge >= 0.3 is 0 Å². The fraction of sp³-hybridized carbons (Fsp3) is 1.00. The Bertz CT molecular complexity index is 140. The molecule has 1 aliphatic rings. The third-order valence-corrected chi connectivity index (χ3v) is 2.99. The van der Waals surface area contributed by atoms with Gasteiger partial charge in [-0.3, -0.25) is 0 Å². The molecule has 1 heteroatoms. The summed E-state index contributed by atoms with van der Waals surface area (Å²) in [5.41, 5.74) is 0.574. The Kier molecular flexibility index (Phi) is 3.16. The van der Waals surface area contributed by atoms with Crippen LogP contribution in [0.2, 0.25) is 0 Å². The lowest BCUT2D eigenvalue weighted by Gasteiger charge is -2.18. The quantitative estimate of drug-likeness (QED) is 0.685. The minimum atomic E-state index is 0.574. The van der Waals surface area contributed by atoms with E-state index in [1.807, 2.05) is 0 Å². The summed E-state index contributed by atoms with van der Waals surface area (Å²) in [5.74, 6) is 0.867. The molecule has 0 spiro atoms. The largest absolute Gasteiger partial charge is 0.314 e. The Morgan fingerprint density at radius 3 is 2.42 bits per heavy atom. The van der Waals surface area contributed by atoms with E-state index >= 15 is 0 Å². The third-order valence-electron chi connectivity index (χ3n) is 2.99. The summed E-state index contributed by atoms with van der Waals surface area (Å²) in [4.78, 5) is 0. The van der Waals surface area contributed by atoms with E-state index in [9.17, 15) is 0 Å². The van der Waals surface area contributed by atoms with Gasteiger partial charge in [-0.1, -0.05) is 27.7 Å². The maximum atomic E-state index is 3.64. The van der Waals surface area contributed by atoms with Crippen molar-refractivity contribution < 1.29 is 0 Å². The summed E-state index contributed by atoms with van der Waals surface area (Å²) in [5, 5.41) is 3.64. The second-order valence-electron chi connectivity index (χ2n) is 5.11. The van der Waals surface area contributed by atoms with Crippen molar-refractivity contribution in [3.63, 3.8) is 0 Å². The second kappa shape index (κ2) is 3.78. The van der Waals surface area contributed by atoms with Crippen molar-refractivity contribution in [2.45, 2.75) is 53.0 Å². The average molecular weight is 169 g/mol. The monoisotopic (exact) mass is 169 g/mol. The molecule has 0 saturated heterocycles. The first-order valence-corrected chi connectivity index (χ1v) is 5.28. The Labute approximate surface area is 76.9 Å². The predicted octanol–water partition coefficient (Wildman–Crippen LogP) is 2.81. The molecule has 0 radical (unpaired) electrons. The van der Waals surface area contributed by atoms with Gasteiger partial charge in [0.05, 0.1) is 0 Å².